The van der Waals surface area contributed by atoms with Gasteiger partial charge >= 0.3 is 11.9 Å². The number of carbonyl (C=O) groups excluding carboxylic acids is 2. The maximum absolute atomic E-state index is 12.0. The van der Waals surface area contributed by atoms with Gasteiger partial charge in [0.15, 0.2) is 5.54 Å². The van der Waals surface area contributed by atoms with Crippen LogP contribution >= 0.6 is 11.8 Å². The molecule has 1 aliphatic carbocycles. The van der Waals surface area contributed by atoms with Crippen molar-refractivity contribution >= 4 is 28.7 Å². The molecule has 104 valence electrons. The van der Waals surface area contributed by atoms with Crippen molar-refractivity contribution in [3.05, 3.63) is 12.7 Å². The van der Waals surface area contributed by atoms with E-state index in [-0.39, 0.29) is 29.7 Å². The average Bonchev–Trinajstić information content (AvgIpc) is 2.81. The summed E-state index contributed by atoms with van der Waals surface area (Å²) in [4.78, 5) is 27.9. The normalized spacial score (nSPS) is 31.2. The summed E-state index contributed by atoms with van der Waals surface area (Å²) in [6, 6.07) is 0. The molecule has 0 aromatic rings. The van der Waals surface area contributed by atoms with Gasteiger partial charge in [-0.1, -0.05) is 12.7 Å². The van der Waals surface area contributed by atoms with E-state index in [4.69, 9.17) is 9.47 Å². The third-order valence-corrected chi connectivity index (χ3v) is 4.68. The number of ether oxygens (including phenoxy) is 2. The molecule has 0 amide bonds. The smallest absolute Gasteiger partial charge is 0.335 e. The van der Waals surface area contributed by atoms with Crippen molar-refractivity contribution in [2.75, 3.05) is 13.2 Å². The summed E-state index contributed by atoms with van der Waals surface area (Å²) in [6.45, 7) is 7.77. The van der Waals surface area contributed by atoms with E-state index >= 15 is 0 Å². The Balaban J connectivity index is 2.03. The van der Waals surface area contributed by atoms with Crippen molar-refractivity contribution in [1.82, 2.24) is 0 Å². The number of carbonyl (C=O) groups is 2. The maximum atomic E-state index is 12.0. The number of hydrogen-bond donors (Lipinski definition) is 0. The van der Waals surface area contributed by atoms with Crippen LogP contribution in [0.2, 0.25) is 0 Å². The van der Waals surface area contributed by atoms with Crippen LogP contribution in [0.5, 0.6) is 0 Å². The molecule has 0 saturated heterocycles. The molecule has 2 rings (SSSR count). The Morgan fingerprint density at radius 3 is 2.89 bits per heavy atom. The standard InChI is InChI=1S/C13H17NO4S/c1-4-6-18-11(16)13-8-12(13,3)19-9(14-13)7-10(15)17-5-2/h4H,1,5-8H2,2-3H3/t12-,13-/m0/s1. The van der Waals surface area contributed by atoms with E-state index in [2.05, 4.69) is 11.6 Å². The van der Waals surface area contributed by atoms with Crippen LogP contribution < -0.4 is 0 Å². The van der Waals surface area contributed by atoms with Crippen LogP contribution in [0.4, 0.5) is 0 Å². The van der Waals surface area contributed by atoms with Crippen molar-refractivity contribution in [2.24, 2.45) is 4.99 Å². The van der Waals surface area contributed by atoms with Crippen LogP contribution in [0, 0.1) is 0 Å². The summed E-state index contributed by atoms with van der Waals surface area (Å²) in [5.41, 5.74) is -0.803. The van der Waals surface area contributed by atoms with Gasteiger partial charge in [-0.3, -0.25) is 9.79 Å². The first-order chi connectivity index (χ1) is 8.97. The van der Waals surface area contributed by atoms with Gasteiger partial charge in [-0.05, 0) is 13.8 Å². The minimum atomic E-state index is -0.803. The lowest BCUT2D eigenvalue weighted by Gasteiger charge is -2.09. The van der Waals surface area contributed by atoms with Crippen molar-refractivity contribution in [1.29, 1.82) is 0 Å². The summed E-state index contributed by atoms with van der Waals surface area (Å²) in [5.74, 6) is -0.644. The summed E-state index contributed by atoms with van der Waals surface area (Å²) in [5, 5.41) is 0.655. The maximum Gasteiger partial charge on any atom is 0.335 e. The summed E-state index contributed by atoms with van der Waals surface area (Å²) >= 11 is 1.48. The predicted octanol–water partition coefficient (Wildman–Crippen LogP) is 1.72. The zero-order chi connectivity index (χ0) is 14.1. The van der Waals surface area contributed by atoms with Crippen molar-refractivity contribution < 1.29 is 19.1 Å². The molecule has 0 unspecified atom stereocenters. The Labute approximate surface area is 116 Å². The first-order valence-electron chi connectivity index (χ1n) is 6.19. The lowest BCUT2D eigenvalue weighted by atomic mass is 10.2. The van der Waals surface area contributed by atoms with Crippen molar-refractivity contribution in [2.45, 2.75) is 37.0 Å². The minimum Gasteiger partial charge on any atom is -0.466 e. The number of nitrogens with zero attached hydrogens (tertiary/aromatic N) is 1. The molecule has 0 radical (unpaired) electrons. The van der Waals surface area contributed by atoms with Gasteiger partial charge in [0.25, 0.3) is 0 Å². The summed E-state index contributed by atoms with van der Waals surface area (Å²) < 4.78 is 9.70. The van der Waals surface area contributed by atoms with Crippen molar-refractivity contribution in [3.63, 3.8) is 0 Å². The number of esters is 2. The van der Waals surface area contributed by atoms with Crippen LogP contribution in [-0.4, -0.2) is 40.5 Å². The molecule has 1 saturated carbocycles. The van der Waals surface area contributed by atoms with Crippen LogP contribution in [0.25, 0.3) is 0 Å². The fourth-order valence-electron chi connectivity index (χ4n) is 2.22. The van der Waals surface area contributed by atoms with Crippen LogP contribution in [0.1, 0.15) is 26.7 Å². The first-order valence-corrected chi connectivity index (χ1v) is 7.00. The zero-order valence-electron chi connectivity index (χ0n) is 11.1. The van der Waals surface area contributed by atoms with E-state index in [0.29, 0.717) is 18.1 Å². The molecule has 0 aromatic heterocycles. The van der Waals surface area contributed by atoms with Crippen LogP contribution in [0.3, 0.4) is 0 Å². The molecule has 6 heteroatoms. The molecule has 19 heavy (non-hydrogen) atoms. The highest BCUT2D eigenvalue weighted by Gasteiger charge is 2.75. The van der Waals surface area contributed by atoms with Gasteiger partial charge in [0.05, 0.1) is 22.8 Å². The fourth-order valence-corrected chi connectivity index (χ4v) is 3.71. The van der Waals surface area contributed by atoms with E-state index in [1.807, 2.05) is 6.92 Å². The van der Waals surface area contributed by atoms with Gasteiger partial charge in [0, 0.05) is 6.42 Å². The van der Waals surface area contributed by atoms with E-state index in [1.54, 1.807) is 6.92 Å². The first kappa shape index (κ1) is 14.1. The molecule has 0 spiro atoms. The molecule has 0 bridgehead atoms. The lowest BCUT2D eigenvalue weighted by Crippen LogP contribution is -2.28. The van der Waals surface area contributed by atoms with E-state index < -0.39 is 5.54 Å². The van der Waals surface area contributed by atoms with E-state index in [1.165, 1.54) is 17.8 Å². The number of aliphatic imine (C=N–C) groups is 1. The molecular formula is C13H17NO4S. The molecule has 5 nitrogen and oxygen atoms in total. The van der Waals surface area contributed by atoms with E-state index in [0.717, 1.165) is 0 Å². The molecule has 1 heterocycles. The molecule has 1 aliphatic heterocycles. The Kier molecular flexibility index (Phi) is 3.71. The lowest BCUT2D eigenvalue weighted by molar-refractivity contribution is -0.145. The second-order valence-electron chi connectivity index (χ2n) is 4.74. The highest BCUT2D eigenvalue weighted by atomic mass is 32.2. The number of hydrogen-bond acceptors (Lipinski definition) is 6. The molecule has 0 N–H and O–H groups in total. The highest BCUT2D eigenvalue weighted by Crippen LogP contribution is 2.65. The number of thioether (sulfide) groups is 1. The molecular weight excluding hydrogens is 266 g/mol. The van der Waals surface area contributed by atoms with Gasteiger partial charge < -0.3 is 9.47 Å². The Hall–Kier alpha value is -1.30. The number of rotatable bonds is 6. The third kappa shape index (κ3) is 2.41. The second-order valence-corrected chi connectivity index (χ2v) is 6.32. The summed E-state index contributed by atoms with van der Waals surface area (Å²) in [7, 11) is 0. The number of fused-ring (bicyclic) bond motifs is 1. The zero-order valence-corrected chi connectivity index (χ0v) is 11.9. The van der Waals surface area contributed by atoms with Gasteiger partial charge in [0.2, 0.25) is 0 Å². The quantitative estimate of drug-likeness (QED) is 0.548. The second kappa shape index (κ2) is 5.00. The SMILES string of the molecule is C=CCOC(=O)[C@@]12C[C@]1(C)SC(CC(=O)OCC)=N2. The fraction of sp³-hybridized carbons (Fsp3) is 0.615. The largest absolute Gasteiger partial charge is 0.466 e. The highest BCUT2D eigenvalue weighted by molar-refractivity contribution is 8.15. The van der Waals surface area contributed by atoms with Gasteiger partial charge in [-0.15, -0.1) is 11.8 Å². The predicted molar refractivity (Wildman–Crippen MR) is 73.2 cm³/mol. The third-order valence-electron chi connectivity index (χ3n) is 3.27. The van der Waals surface area contributed by atoms with Gasteiger partial charge in [-0.2, -0.15) is 0 Å². The molecule has 2 aliphatic rings. The molecule has 1 fully saturated rings. The van der Waals surface area contributed by atoms with Gasteiger partial charge in [0.1, 0.15) is 6.61 Å². The van der Waals surface area contributed by atoms with Crippen LogP contribution in [-0.2, 0) is 19.1 Å². The monoisotopic (exact) mass is 283 g/mol. The molecule has 0 aromatic carbocycles. The topological polar surface area (TPSA) is 65.0 Å². The van der Waals surface area contributed by atoms with Crippen molar-refractivity contribution in [3.8, 4) is 0 Å². The average molecular weight is 283 g/mol. The van der Waals surface area contributed by atoms with Gasteiger partial charge in [-0.25, -0.2) is 4.79 Å². The van der Waals surface area contributed by atoms with Crippen LogP contribution in [0.15, 0.2) is 17.6 Å². The van der Waals surface area contributed by atoms with E-state index in [9.17, 15) is 9.59 Å². The Morgan fingerprint density at radius 2 is 2.26 bits per heavy atom. The molecule has 2 atom stereocenters. The summed E-state index contributed by atoms with van der Waals surface area (Å²) in [6.07, 6.45) is 2.32. The minimum absolute atomic E-state index is 0.130. The Morgan fingerprint density at radius 1 is 1.53 bits per heavy atom. The Bertz CT molecular complexity index is 462.